The molecular formula is C29H33NO4. The molecule has 0 N–H and O–H groups in total. The van der Waals surface area contributed by atoms with Crippen molar-refractivity contribution in [3.8, 4) is 23.0 Å². The molecule has 0 radical (unpaired) electrons. The maximum absolute atomic E-state index is 6.23. The first-order valence-corrected chi connectivity index (χ1v) is 12.1. The van der Waals surface area contributed by atoms with Gasteiger partial charge in [-0.3, -0.25) is 4.90 Å². The van der Waals surface area contributed by atoms with Crippen molar-refractivity contribution in [2.24, 2.45) is 0 Å². The molecule has 178 valence electrons. The summed E-state index contributed by atoms with van der Waals surface area (Å²) in [6.45, 7) is 4.72. The zero-order valence-electron chi connectivity index (χ0n) is 20.0. The van der Waals surface area contributed by atoms with Gasteiger partial charge in [0.05, 0.1) is 20.8 Å². The molecule has 5 nitrogen and oxygen atoms in total. The summed E-state index contributed by atoms with van der Waals surface area (Å²) in [7, 11) is 3.38. The second kappa shape index (κ2) is 10.4. The van der Waals surface area contributed by atoms with Crippen LogP contribution in [0.4, 0.5) is 0 Å². The predicted octanol–water partition coefficient (Wildman–Crippen LogP) is 5.49. The summed E-state index contributed by atoms with van der Waals surface area (Å²) < 4.78 is 23.1. The molecule has 0 amide bonds. The summed E-state index contributed by atoms with van der Waals surface area (Å²) in [6, 6.07) is 23.1. The molecule has 1 fully saturated rings. The molecule has 2 heterocycles. The van der Waals surface area contributed by atoms with Gasteiger partial charge < -0.3 is 18.9 Å². The third-order valence-corrected chi connectivity index (χ3v) is 7.03. The minimum absolute atomic E-state index is 0.168. The number of ether oxygens (including phenoxy) is 4. The lowest BCUT2D eigenvalue weighted by molar-refractivity contribution is 0.237. The molecule has 5 heteroatoms. The van der Waals surface area contributed by atoms with Crippen LogP contribution in [0.15, 0.2) is 66.7 Å². The maximum atomic E-state index is 6.23. The van der Waals surface area contributed by atoms with Gasteiger partial charge in [-0.1, -0.05) is 30.3 Å². The number of fused-ring (bicyclic) bond motifs is 1. The van der Waals surface area contributed by atoms with Crippen molar-refractivity contribution in [2.45, 2.75) is 24.7 Å². The van der Waals surface area contributed by atoms with E-state index in [0.717, 1.165) is 36.1 Å². The van der Waals surface area contributed by atoms with Gasteiger partial charge in [-0.2, -0.15) is 0 Å². The number of rotatable bonds is 8. The molecular weight excluding hydrogens is 426 g/mol. The molecule has 1 saturated heterocycles. The Morgan fingerprint density at radius 1 is 0.794 bits per heavy atom. The number of methoxy groups -OCH3 is 2. The van der Waals surface area contributed by atoms with E-state index in [9.17, 15) is 0 Å². The Hall–Kier alpha value is -3.18. The molecule has 5 rings (SSSR count). The molecule has 2 aliphatic rings. The highest BCUT2D eigenvalue weighted by atomic mass is 16.5. The van der Waals surface area contributed by atoms with E-state index in [-0.39, 0.29) is 11.8 Å². The van der Waals surface area contributed by atoms with E-state index in [4.69, 9.17) is 18.9 Å². The van der Waals surface area contributed by atoms with Gasteiger partial charge >= 0.3 is 0 Å². The van der Waals surface area contributed by atoms with Crippen LogP contribution < -0.4 is 18.9 Å². The highest BCUT2D eigenvalue weighted by molar-refractivity contribution is 5.51. The fourth-order valence-electron chi connectivity index (χ4n) is 5.14. The highest BCUT2D eigenvalue weighted by Crippen LogP contribution is 2.47. The maximum Gasteiger partial charge on any atom is 0.126 e. The van der Waals surface area contributed by atoms with E-state index in [2.05, 4.69) is 47.4 Å². The lowest BCUT2D eigenvalue weighted by atomic mass is 9.76. The van der Waals surface area contributed by atoms with Gasteiger partial charge in [0, 0.05) is 30.0 Å². The standard InChI is InChI=1S/C29H33NO4/c1-31-23-9-5-21(6-10-23)27-20-34-28-19-25(32-2)13-14-26(28)29(27)22-7-11-24(12-8-22)33-18-17-30-15-3-4-16-30/h5-14,19,27,29H,3-4,15-18,20H2,1-2H3. The topological polar surface area (TPSA) is 40.2 Å². The van der Waals surface area contributed by atoms with Crippen LogP contribution in [-0.2, 0) is 0 Å². The van der Waals surface area contributed by atoms with E-state index < -0.39 is 0 Å². The monoisotopic (exact) mass is 459 g/mol. The van der Waals surface area contributed by atoms with Gasteiger partial charge in [0.15, 0.2) is 0 Å². The highest BCUT2D eigenvalue weighted by Gasteiger charge is 2.33. The Morgan fingerprint density at radius 2 is 1.44 bits per heavy atom. The number of likely N-dealkylation sites (tertiary alicyclic amines) is 1. The molecule has 34 heavy (non-hydrogen) atoms. The zero-order chi connectivity index (χ0) is 23.3. The van der Waals surface area contributed by atoms with Gasteiger partial charge in [-0.25, -0.2) is 0 Å². The van der Waals surface area contributed by atoms with Crippen molar-refractivity contribution < 1.29 is 18.9 Å². The van der Waals surface area contributed by atoms with E-state index in [0.29, 0.717) is 6.61 Å². The van der Waals surface area contributed by atoms with Gasteiger partial charge in [-0.15, -0.1) is 0 Å². The Labute approximate surface area is 202 Å². The largest absolute Gasteiger partial charge is 0.497 e. The molecule has 3 aromatic rings. The van der Waals surface area contributed by atoms with Crippen LogP contribution in [-0.4, -0.2) is 52.0 Å². The smallest absolute Gasteiger partial charge is 0.126 e. The zero-order valence-corrected chi connectivity index (χ0v) is 20.0. The number of nitrogens with zero attached hydrogens (tertiary/aromatic N) is 1. The Balaban J connectivity index is 1.40. The molecule has 0 spiro atoms. The molecule has 0 saturated carbocycles. The summed E-state index contributed by atoms with van der Waals surface area (Å²) in [4.78, 5) is 2.47. The van der Waals surface area contributed by atoms with Crippen LogP contribution >= 0.6 is 0 Å². The first-order chi connectivity index (χ1) is 16.7. The van der Waals surface area contributed by atoms with Crippen LogP contribution in [0.2, 0.25) is 0 Å². The summed E-state index contributed by atoms with van der Waals surface area (Å²) >= 11 is 0. The minimum Gasteiger partial charge on any atom is -0.497 e. The fraction of sp³-hybridized carbons (Fsp3) is 0.379. The lowest BCUT2D eigenvalue weighted by Gasteiger charge is -2.34. The Kier molecular flexibility index (Phi) is 6.91. The summed E-state index contributed by atoms with van der Waals surface area (Å²) in [6.07, 6.45) is 2.62. The number of hydrogen-bond donors (Lipinski definition) is 0. The first-order valence-electron chi connectivity index (χ1n) is 12.1. The summed E-state index contributed by atoms with van der Waals surface area (Å²) in [5.41, 5.74) is 3.66. The normalized spacial score (nSPS) is 19.8. The van der Waals surface area contributed by atoms with Crippen molar-refractivity contribution in [1.82, 2.24) is 4.90 Å². The van der Waals surface area contributed by atoms with Crippen molar-refractivity contribution in [3.63, 3.8) is 0 Å². The van der Waals surface area contributed by atoms with E-state index in [1.807, 2.05) is 24.3 Å². The van der Waals surface area contributed by atoms with Crippen molar-refractivity contribution in [3.05, 3.63) is 83.4 Å². The summed E-state index contributed by atoms with van der Waals surface area (Å²) in [5, 5.41) is 0. The van der Waals surface area contributed by atoms with E-state index in [1.54, 1.807) is 14.2 Å². The third kappa shape index (κ3) is 4.85. The molecule has 0 bridgehead atoms. The van der Waals surface area contributed by atoms with Crippen molar-refractivity contribution in [1.29, 1.82) is 0 Å². The average molecular weight is 460 g/mol. The van der Waals surface area contributed by atoms with Crippen LogP contribution in [0.3, 0.4) is 0 Å². The molecule has 3 aromatic carbocycles. The quantitative estimate of drug-likeness (QED) is 0.446. The third-order valence-electron chi connectivity index (χ3n) is 7.03. The van der Waals surface area contributed by atoms with Crippen LogP contribution in [0.5, 0.6) is 23.0 Å². The van der Waals surface area contributed by atoms with Gasteiger partial charge in [0.25, 0.3) is 0 Å². The Morgan fingerprint density at radius 3 is 2.15 bits per heavy atom. The molecule has 0 aromatic heterocycles. The van der Waals surface area contributed by atoms with E-state index >= 15 is 0 Å². The Bertz CT molecular complexity index is 1070. The van der Waals surface area contributed by atoms with Gasteiger partial charge in [-0.05, 0) is 67.4 Å². The molecule has 2 aliphatic heterocycles. The van der Waals surface area contributed by atoms with Crippen molar-refractivity contribution in [2.75, 3.05) is 47.1 Å². The van der Waals surface area contributed by atoms with Gasteiger partial charge in [0.2, 0.25) is 0 Å². The predicted molar refractivity (Wildman–Crippen MR) is 134 cm³/mol. The number of hydrogen-bond acceptors (Lipinski definition) is 5. The molecule has 2 unspecified atom stereocenters. The fourth-order valence-corrected chi connectivity index (χ4v) is 5.14. The van der Waals surface area contributed by atoms with E-state index in [1.165, 1.54) is 42.6 Å². The van der Waals surface area contributed by atoms with Crippen molar-refractivity contribution >= 4 is 0 Å². The van der Waals surface area contributed by atoms with Crippen LogP contribution in [0.1, 0.15) is 41.4 Å². The first kappa shape index (κ1) is 22.6. The minimum atomic E-state index is 0.168. The van der Waals surface area contributed by atoms with Gasteiger partial charge in [0.1, 0.15) is 29.6 Å². The second-order valence-electron chi connectivity index (χ2n) is 9.04. The average Bonchev–Trinajstić information content (AvgIpc) is 3.42. The molecule has 2 atom stereocenters. The SMILES string of the molecule is COc1ccc(C2COc3cc(OC)ccc3C2c2ccc(OCCN3CCCC3)cc2)cc1. The van der Waals surface area contributed by atoms with Crippen LogP contribution in [0.25, 0.3) is 0 Å². The van der Waals surface area contributed by atoms with Crippen LogP contribution in [0, 0.1) is 0 Å². The molecule has 0 aliphatic carbocycles. The number of benzene rings is 3. The summed E-state index contributed by atoms with van der Waals surface area (Å²) in [5.74, 6) is 3.83. The lowest BCUT2D eigenvalue weighted by Crippen LogP contribution is -2.25. The second-order valence-corrected chi connectivity index (χ2v) is 9.04.